The summed E-state index contributed by atoms with van der Waals surface area (Å²) in [5.74, 6) is 1.76. The van der Waals surface area contributed by atoms with Gasteiger partial charge >= 0.3 is 0 Å². The highest BCUT2D eigenvalue weighted by molar-refractivity contribution is 5.99. The van der Waals surface area contributed by atoms with E-state index in [9.17, 15) is 9.59 Å². The molecule has 0 aromatic carbocycles. The minimum Gasteiger partial charge on any atom is -0.467 e. The quantitative estimate of drug-likeness (QED) is 0.469. The zero-order valence-electron chi connectivity index (χ0n) is 24.1. The van der Waals surface area contributed by atoms with Gasteiger partial charge in [0, 0.05) is 38.5 Å². The number of methoxy groups -OCH3 is 1. The highest BCUT2D eigenvalue weighted by Gasteiger charge is 2.31. The molecule has 1 atom stereocenters. The molecule has 210 valence electrons. The standard InChI is InChI=1S/C25H34N4O3.C5H12O/c1-18(2)15-29(20-8-5-11-28(16-20)17-30)25(31)22-13-19-7-3-4-10-23(19)27-24(22)26-14-21-9-6-12-32-21;1-5(2,3)6-4/h6,9,12-13,17-18,20H,3-5,7-8,10-11,14-16H2,1-2H3,(H,26,27);1-4H3. The van der Waals surface area contributed by atoms with Crippen molar-refractivity contribution in [2.24, 2.45) is 5.92 Å². The van der Waals surface area contributed by atoms with Crippen LogP contribution in [-0.4, -0.2) is 65.5 Å². The summed E-state index contributed by atoms with van der Waals surface area (Å²) in [4.78, 5) is 34.0. The van der Waals surface area contributed by atoms with Crippen molar-refractivity contribution in [3.8, 4) is 0 Å². The van der Waals surface area contributed by atoms with Crippen LogP contribution in [0.4, 0.5) is 5.82 Å². The average Bonchev–Trinajstić information content (AvgIpc) is 3.43. The van der Waals surface area contributed by atoms with Crippen LogP contribution in [0.3, 0.4) is 0 Å². The smallest absolute Gasteiger partial charge is 0.257 e. The lowest BCUT2D eigenvalue weighted by Crippen LogP contribution is -2.51. The lowest BCUT2D eigenvalue weighted by Gasteiger charge is -2.39. The predicted molar refractivity (Wildman–Crippen MR) is 150 cm³/mol. The van der Waals surface area contributed by atoms with Gasteiger partial charge in [-0.15, -0.1) is 0 Å². The van der Waals surface area contributed by atoms with Crippen molar-refractivity contribution in [1.29, 1.82) is 0 Å². The van der Waals surface area contributed by atoms with Crippen LogP contribution >= 0.6 is 0 Å². The first-order chi connectivity index (χ1) is 18.1. The Labute approximate surface area is 228 Å². The first-order valence-corrected chi connectivity index (χ1v) is 14.0. The van der Waals surface area contributed by atoms with Gasteiger partial charge in [0.15, 0.2) is 0 Å². The number of ether oxygens (including phenoxy) is 1. The van der Waals surface area contributed by atoms with Crippen LogP contribution in [0.25, 0.3) is 0 Å². The fraction of sp³-hybridized carbons (Fsp3) is 0.633. The van der Waals surface area contributed by atoms with E-state index in [1.807, 2.05) is 37.8 Å². The maximum Gasteiger partial charge on any atom is 0.257 e. The van der Waals surface area contributed by atoms with Crippen LogP contribution in [0.15, 0.2) is 28.9 Å². The Morgan fingerprint density at radius 1 is 1.29 bits per heavy atom. The number of likely N-dealkylation sites (tertiary alicyclic amines) is 1. The van der Waals surface area contributed by atoms with Gasteiger partial charge in [0.05, 0.1) is 24.0 Å². The highest BCUT2D eigenvalue weighted by atomic mass is 16.5. The van der Waals surface area contributed by atoms with E-state index in [1.165, 1.54) is 5.56 Å². The first kappa shape index (κ1) is 29.7. The SMILES string of the molecule is CC(C)CN(C(=O)c1cc2c(nc1NCc1ccco1)CCCC2)C1CCCN(C=O)C1.COC(C)(C)C. The van der Waals surface area contributed by atoms with Gasteiger partial charge in [-0.05, 0) is 89.0 Å². The van der Waals surface area contributed by atoms with E-state index >= 15 is 0 Å². The van der Waals surface area contributed by atoms with Crippen LogP contribution in [0, 0.1) is 5.92 Å². The van der Waals surface area contributed by atoms with Crippen LogP contribution in [-0.2, 0) is 28.9 Å². The molecular formula is C30H46N4O4. The number of aromatic nitrogens is 1. The number of nitrogens with zero attached hydrogens (tertiary/aromatic N) is 3. The normalized spacial score (nSPS) is 17.3. The fourth-order valence-corrected chi connectivity index (χ4v) is 4.79. The van der Waals surface area contributed by atoms with E-state index in [0.29, 0.717) is 36.9 Å². The molecule has 1 aliphatic carbocycles. The Kier molecular flexibility index (Phi) is 10.8. The van der Waals surface area contributed by atoms with Gasteiger partial charge in [-0.1, -0.05) is 13.8 Å². The van der Waals surface area contributed by atoms with Crippen molar-refractivity contribution in [1.82, 2.24) is 14.8 Å². The van der Waals surface area contributed by atoms with Gasteiger partial charge in [0.25, 0.3) is 5.91 Å². The number of aryl methyl sites for hydroxylation is 2. The van der Waals surface area contributed by atoms with Gasteiger partial charge in [-0.25, -0.2) is 4.98 Å². The monoisotopic (exact) mass is 526 g/mol. The zero-order chi connectivity index (χ0) is 27.7. The summed E-state index contributed by atoms with van der Waals surface area (Å²) in [6.07, 6.45) is 8.56. The first-order valence-electron chi connectivity index (χ1n) is 14.0. The van der Waals surface area contributed by atoms with Crippen LogP contribution in [0.5, 0.6) is 0 Å². The molecule has 0 radical (unpaired) electrons. The van der Waals surface area contributed by atoms with E-state index in [-0.39, 0.29) is 17.6 Å². The highest BCUT2D eigenvalue weighted by Crippen LogP contribution is 2.28. The van der Waals surface area contributed by atoms with E-state index in [1.54, 1.807) is 18.3 Å². The maximum atomic E-state index is 14.0. The van der Waals surface area contributed by atoms with E-state index in [4.69, 9.17) is 14.1 Å². The van der Waals surface area contributed by atoms with Crippen LogP contribution in [0.1, 0.15) is 87.7 Å². The minimum absolute atomic E-state index is 0.000678. The molecule has 2 aromatic rings. The molecule has 1 unspecified atom stereocenters. The number of pyridine rings is 1. The van der Waals surface area contributed by atoms with Crippen molar-refractivity contribution in [2.45, 2.75) is 91.3 Å². The number of furan rings is 1. The third-order valence-corrected chi connectivity index (χ3v) is 6.99. The minimum atomic E-state index is -0.000678. The summed E-state index contributed by atoms with van der Waals surface area (Å²) in [6, 6.07) is 5.85. The van der Waals surface area contributed by atoms with Gasteiger partial charge in [0.2, 0.25) is 6.41 Å². The molecule has 0 saturated carbocycles. The Bertz CT molecular complexity index is 1030. The summed E-state index contributed by atoms with van der Waals surface area (Å²) in [5.41, 5.74) is 2.95. The van der Waals surface area contributed by atoms with Crippen molar-refractivity contribution in [3.63, 3.8) is 0 Å². The molecule has 1 N–H and O–H groups in total. The molecule has 4 rings (SSSR count). The summed E-state index contributed by atoms with van der Waals surface area (Å²) in [6.45, 7) is 12.8. The molecule has 2 aromatic heterocycles. The van der Waals surface area contributed by atoms with Gasteiger partial charge < -0.3 is 24.3 Å². The molecule has 3 heterocycles. The van der Waals surface area contributed by atoms with E-state index < -0.39 is 0 Å². The number of piperidine rings is 1. The molecule has 1 saturated heterocycles. The van der Waals surface area contributed by atoms with Crippen molar-refractivity contribution in [3.05, 3.63) is 47.0 Å². The second-order valence-corrected chi connectivity index (χ2v) is 11.7. The maximum absolute atomic E-state index is 14.0. The van der Waals surface area contributed by atoms with Gasteiger partial charge in [-0.2, -0.15) is 0 Å². The van der Waals surface area contributed by atoms with Crippen molar-refractivity contribution >= 4 is 18.1 Å². The number of carbonyl (C=O) groups is 2. The van der Waals surface area contributed by atoms with E-state index in [2.05, 4.69) is 25.2 Å². The lowest BCUT2D eigenvalue weighted by atomic mass is 9.94. The number of anilines is 1. The molecule has 8 heteroatoms. The molecule has 38 heavy (non-hydrogen) atoms. The predicted octanol–water partition coefficient (Wildman–Crippen LogP) is 5.32. The summed E-state index contributed by atoms with van der Waals surface area (Å²) < 4.78 is 10.4. The summed E-state index contributed by atoms with van der Waals surface area (Å²) >= 11 is 0. The summed E-state index contributed by atoms with van der Waals surface area (Å²) in [7, 11) is 1.71. The molecule has 2 aliphatic rings. The number of nitrogens with one attached hydrogen (secondary N) is 1. The molecule has 2 amide bonds. The zero-order valence-corrected chi connectivity index (χ0v) is 24.1. The third kappa shape index (κ3) is 8.58. The number of carbonyl (C=O) groups excluding carboxylic acids is 2. The average molecular weight is 527 g/mol. The number of hydrogen-bond acceptors (Lipinski definition) is 6. The number of hydrogen-bond donors (Lipinski definition) is 1. The molecule has 8 nitrogen and oxygen atoms in total. The van der Waals surface area contributed by atoms with Crippen LogP contribution in [0.2, 0.25) is 0 Å². The third-order valence-electron chi connectivity index (χ3n) is 6.99. The van der Waals surface area contributed by atoms with Gasteiger partial charge in [0.1, 0.15) is 11.6 Å². The van der Waals surface area contributed by atoms with E-state index in [0.717, 1.165) is 62.9 Å². The molecule has 1 aliphatic heterocycles. The molecule has 0 spiro atoms. The van der Waals surface area contributed by atoms with Crippen molar-refractivity contribution in [2.75, 3.05) is 32.1 Å². The number of fused-ring (bicyclic) bond motifs is 1. The largest absolute Gasteiger partial charge is 0.467 e. The number of rotatable bonds is 8. The number of amides is 2. The van der Waals surface area contributed by atoms with Crippen molar-refractivity contribution < 1.29 is 18.7 Å². The topological polar surface area (TPSA) is 87.9 Å². The lowest BCUT2D eigenvalue weighted by molar-refractivity contribution is -0.120. The van der Waals surface area contributed by atoms with Crippen LogP contribution < -0.4 is 5.32 Å². The molecule has 1 fully saturated rings. The molecular weight excluding hydrogens is 480 g/mol. The van der Waals surface area contributed by atoms with Gasteiger partial charge in [-0.3, -0.25) is 9.59 Å². The molecule has 0 bridgehead atoms. The Morgan fingerprint density at radius 3 is 2.66 bits per heavy atom. The summed E-state index contributed by atoms with van der Waals surface area (Å²) in [5, 5.41) is 3.36. The Morgan fingerprint density at radius 2 is 2.03 bits per heavy atom. The second kappa shape index (κ2) is 13.8. The fourth-order valence-electron chi connectivity index (χ4n) is 4.79. The second-order valence-electron chi connectivity index (χ2n) is 11.7. The Balaban J connectivity index is 0.000000599. The Hall–Kier alpha value is -2.87.